The van der Waals surface area contributed by atoms with Crippen LogP contribution in [0.3, 0.4) is 0 Å². The molecule has 17 heavy (non-hydrogen) atoms. The summed E-state index contributed by atoms with van der Waals surface area (Å²) in [5.74, 6) is 0.102. The summed E-state index contributed by atoms with van der Waals surface area (Å²) in [6.07, 6.45) is 3.81. The Morgan fingerprint density at radius 1 is 1.35 bits per heavy atom. The molecule has 0 saturated heterocycles. The number of Topliss-reactive ketones (excluding diaryl/α,β-unsaturated/α-hetero) is 1. The van der Waals surface area contributed by atoms with E-state index in [0.717, 1.165) is 21.2 Å². The molecule has 0 N–H and O–H groups in total. The maximum Gasteiger partial charge on any atom is 0.168 e. The second-order valence-corrected chi connectivity index (χ2v) is 4.80. The molecule has 1 aromatic carbocycles. The fraction of sp³-hybridized carbons (Fsp3) is 0.143. The van der Waals surface area contributed by atoms with Crippen molar-refractivity contribution >= 4 is 21.7 Å². The molecule has 0 amide bonds. The quantitative estimate of drug-likeness (QED) is 0.809. The Balaban J connectivity index is 2.21. The number of rotatable bonds is 3. The molecule has 1 heterocycles. The van der Waals surface area contributed by atoms with Crippen molar-refractivity contribution in [2.75, 3.05) is 0 Å². The monoisotopic (exact) mass is 289 g/mol. The molecule has 2 nitrogen and oxygen atoms in total. The highest BCUT2D eigenvalue weighted by atomic mass is 79.9. The maximum absolute atomic E-state index is 12.1. The summed E-state index contributed by atoms with van der Waals surface area (Å²) in [5.41, 5.74) is 2.79. The Kier molecular flexibility index (Phi) is 3.69. The fourth-order valence-corrected chi connectivity index (χ4v) is 2.34. The second kappa shape index (κ2) is 5.23. The normalized spacial score (nSPS) is 10.2. The van der Waals surface area contributed by atoms with Crippen LogP contribution in [0.2, 0.25) is 0 Å². The first-order valence-electron chi connectivity index (χ1n) is 5.35. The molecule has 0 atom stereocenters. The lowest BCUT2D eigenvalue weighted by molar-refractivity contribution is 0.0992. The number of aromatic nitrogens is 1. The number of benzene rings is 1. The smallest absolute Gasteiger partial charge is 0.168 e. The lowest BCUT2D eigenvalue weighted by atomic mass is 10.0. The highest BCUT2D eigenvalue weighted by Crippen LogP contribution is 2.20. The number of ketones is 1. The molecule has 0 aliphatic rings. The van der Waals surface area contributed by atoms with Gasteiger partial charge < -0.3 is 0 Å². The molecule has 0 aliphatic carbocycles. The average molecular weight is 290 g/mol. The van der Waals surface area contributed by atoms with Crippen molar-refractivity contribution in [1.29, 1.82) is 0 Å². The van der Waals surface area contributed by atoms with Crippen molar-refractivity contribution in [1.82, 2.24) is 4.98 Å². The van der Waals surface area contributed by atoms with Gasteiger partial charge in [-0.25, -0.2) is 0 Å². The van der Waals surface area contributed by atoms with Gasteiger partial charge in [-0.15, -0.1) is 0 Å². The molecule has 1 aromatic heterocycles. The van der Waals surface area contributed by atoms with Crippen LogP contribution >= 0.6 is 15.9 Å². The number of hydrogen-bond donors (Lipinski definition) is 0. The molecule has 0 saturated carbocycles. The van der Waals surface area contributed by atoms with E-state index in [4.69, 9.17) is 0 Å². The van der Waals surface area contributed by atoms with Crippen molar-refractivity contribution in [3.8, 4) is 0 Å². The molecule has 2 rings (SSSR count). The summed E-state index contributed by atoms with van der Waals surface area (Å²) in [6, 6.07) is 9.51. The van der Waals surface area contributed by atoms with E-state index in [1.165, 1.54) is 0 Å². The van der Waals surface area contributed by atoms with E-state index in [-0.39, 0.29) is 5.78 Å². The van der Waals surface area contributed by atoms with Gasteiger partial charge in [0.05, 0.1) is 0 Å². The van der Waals surface area contributed by atoms with Crippen LogP contribution < -0.4 is 0 Å². The number of carbonyl (C=O) groups excluding carboxylic acids is 1. The van der Waals surface area contributed by atoms with Crippen molar-refractivity contribution < 1.29 is 4.79 Å². The summed E-state index contributed by atoms with van der Waals surface area (Å²) in [4.78, 5) is 16.1. The zero-order valence-electron chi connectivity index (χ0n) is 9.48. The average Bonchev–Trinajstić information content (AvgIpc) is 2.30. The zero-order chi connectivity index (χ0) is 12.3. The topological polar surface area (TPSA) is 30.0 Å². The van der Waals surface area contributed by atoms with Crippen LogP contribution in [0.5, 0.6) is 0 Å². The van der Waals surface area contributed by atoms with Gasteiger partial charge in [0.2, 0.25) is 0 Å². The molecular formula is C14H12BrNO. The Labute approximate surface area is 109 Å². The van der Waals surface area contributed by atoms with Crippen LogP contribution in [0.25, 0.3) is 0 Å². The minimum Gasteiger partial charge on any atom is -0.294 e. The number of halogens is 1. The lowest BCUT2D eigenvalue weighted by Gasteiger charge is -2.04. The highest BCUT2D eigenvalue weighted by molar-refractivity contribution is 9.10. The summed E-state index contributed by atoms with van der Waals surface area (Å²) >= 11 is 3.42. The van der Waals surface area contributed by atoms with Crippen molar-refractivity contribution in [2.45, 2.75) is 13.3 Å². The standard InChI is InChI=1S/C14H12BrNO/c1-10-4-5-12(13(15)7-10)14(17)8-11-3-2-6-16-9-11/h2-7,9H,8H2,1H3. The van der Waals surface area contributed by atoms with E-state index in [9.17, 15) is 4.79 Å². The molecule has 0 radical (unpaired) electrons. The highest BCUT2D eigenvalue weighted by Gasteiger charge is 2.10. The summed E-state index contributed by atoms with van der Waals surface area (Å²) in [5, 5.41) is 0. The van der Waals surface area contributed by atoms with Crippen molar-refractivity contribution in [2.24, 2.45) is 0 Å². The third-order valence-electron chi connectivity index (χ3n) is 2.51. The molecule has 0 unspecified atom stereocenters. The van der Waals surface area contributed by atoms with E-state index in [1.807, 2.05) is 37.3 Å². The Bertz CT molecular complexity index is 537. The van der Waals surface area contributed by atoms with Crippen LogP contribution in [0.1, 0.15) is 21.5 Å². The number of carbonyl (C=O) groups is 1. The third kappa shape index (κ3) is 3.01. The molecule has 2 aromatic rings. The molecular weight excluding hydrogens is 278 g/mol. The van der Waals surface area contributed by atoms with E-state index >= 15 is 0 Å². The summed E-state index contributed by atoms with van der Waals surface area (Å²) < 4.78 is 0.853. The number of pyridine rings is 1. The minimum absolute atomic E-state index is 0.102. The van der Waals surface area contributed by atoms with E-state index in [1.54, 1.807) is 12.4 Å². The number of aryl methyl sites for hydroxylation is 1. The number of hydrogen-bond acceptors (Lipinski definition) is 2. The predicted octanol–water partition coefficient (Wildman–Crippen LogP) is 3.58. The molecule has 0 bridgehead atoms. The van der Waals surface area contributed by atoms with Crippen molar-refractivity contribution in [3.05, 3.63) is 63.9 Å². The first-order valence-corrected chi connectivity index (χ1v) is 6.14. The maximum atomic E-state index is 12.1. The molecule has 0 fully saturated rings. The first kappa shape index (κ1) is 12.0. The first-order chi connectivity index (χ1) is 8.16. The van der Waals surface area contributed by atoms with Gasteiger partial charge in [-0.05, 0) is 36.2 Å². The van der Waals surface area contributed by atoms with Gasteiger partial charge >= 0.3 is 0 Å². The molecule has 86 valence electrons. The van der Waals surface area contributed by atoms with Gasteiger partial charge in [0.25, 0.3) is 0 Å². The van der Waals surface area contributed by atoms with Crippen LogP contribution in [0.4, 0.5) is 0 Å². The van der Waals surface area contributed by atoms with Crippen LogP contribution in [0.15, 0.2) is 47.2 Å². The van der Waals surface area contributed by atoms with E-state index in [2.05, 4.69) is 20.9 Å². The lowest BCUT2D eigenvalue weighted by Crippen LogP contribution is -2.04. The Hall–Kier alpha value is -1.48. The van der Waals surface area contributed by atoms with Crippen LogP contribution in [0, 0.1) is 6.92 Å². The summed E-state index contributed by atoms with van der Waals surface area (Å²) in [6.45, 7) is 2.00. The van der Waals surface area contributed by atoms with Crippen LogP contribution in [-0.4, -0.2) is 10.8 Å². The van der Waals surface area contributed by atoms with Gasteiger partial charge in [0, 0.05) is 28.9 Å². The van der Waals surface area contributed by atoms with Gasteiger partial charge in [0.1, 0.15) is 0 Å². The van der Waals surface area contributed by atoms with Crippen molar-refractivity contribution in [3.63, 3.8) is 0 Å². The minimum atomic E-state index is 0.102. The third-order valence-corrected chi connectivity index (χ3v) is 3.17. The van der Waals surface area contributed by atoms with Gasteiger partial charge in [0.15, 0.2) is 5.78 Å². The van der Waals surface area contributed by atoms with E-state index < -0.39 is 0 Å². The molecule has 3 heteroatoms. The second-order valence-electron chi connectivity index (χ2n) is 3.94. The molecule has 0 spiro atoms. The Morgan fingerprint density at radius 2 is 2.18 bits per heavy atom. The largest absolute Gasteiger partial charge is 0.294 e. The summed E-state index contributed by atoms with van der Waals surface area (Å²) in [7, 11) is 0. The van der Waals surface area contributed by atoms with Crippen LogP contribution in [-0.2, 0) is 6.42 Å². The molecule has 0 aliphatic heterocycles. The van der Waals surface area contributed by atoms with Gasteiger partial charge in [-0.3, -0.25) is 9.78 Å². The van der Waals surface area contributed by atoms with E-state index in [0.29, 0.717) is 6.42 Å². The SMILES string of the molecule is Cc1ccc(C(=O)Cc2cccnc2)c(Br)c1. The van der Waals surface area contributed by atoms with Gasteiger partial charge in [-0.2, -0.15) is 0 Å². The van der Waals surface area contributed by atoms with Gasteiger partial charge in [-0.1, -0.05) is 28.1 Å². The number of nitrogens with zero attached hydrogens (tertiary/aromatic N) is 1. The fourth-order valence-electron chi connectivity index (χ4n) is 1.63. The zero-order valence-corrected chi connectivity index (χ0v) is 11.1. The predicted molar refractivity (Wildman–Crippen MR) is 71.2 cm³/mol. The Morgan fingerprint density at radius 3 is 2.82 bits per heavy atom.